The van der Waals surface area contributed by atoms with E-state index >= 15 is 0 Å². The average Bonchev–Trinajstić information content (AvgIpc) is 2.41. The molecule has 6 heteroatoms. The number of nitrogens with two attached hydrogens (primary N) is 1. The molecule has 0 unspecified atom stereocenters. The number of halogens is 1. The zero-order valence-corrected chi connectivity index (χ0v) is 11.3. The van der Waals surface area contributed by atoms with E-state index in [-0.39, 0.29) is 17.6 Å². The molecule has 0 aliphatic carbocycles. The largest absolute Gasteiger partial charge is 0.369 e. The number of hydrogen-bond donors (Lipinski definition) is 2. The first-order chi connectivity index (χ1) is 9.06. The molecule has 0 bridgehead atoms. The fraction of sp³-hybridized carbons (Fsp3) is 0.385. The van der Waals surface area contributed by atoms with Crippen LogP contribution < -0.4 is 11.1 Å². The number of carbonyl (C=O) groups is 1. The van der Waals surface area contributed by atoms with Gasteiger partial charge in [0.15, 0.2) is 5.11 Å². The molecule has 1 heterocycles. The maximum absolute atomic E-state index is 12.8. The van der Waals surface area contributed by atoms with E-state index in [4.69, 9.17) is 18.0 Å². The molecule has 3 N–H and O–H groups in total. The second kappa shape index (κ2) is 5.97. The summed E-state index contributed by atoms with van der Waals surface area (Å²) < 4.78 is 12.8. The highest BCUT2D eigenvalue weighted by Crippen LogP contribution is 2.18. The number of primary amides is 1. The van der Waals surface area contributed by atoms with E-state index in [1.165, 1.54) is 12.1 Å². The first kappa shape index (κ1) is 13.7. The van der Waals surface area contributed by atoms with Gasteiger partial charge in [0.2, 0.25) is 5.91 Å². The number of piperidine rings is 1. The zero-order chi connectivity index (χ0) is 13.8. The fourth-order valence-corrected chi connectivity index (χ4v) is 2.40. The number of nitrogens with one attached hydrogen (secondary N) is 1. The van der Waals surface area contributed by atoms with Gasteiger partial charge in [0.25, 0.3) is 0 Å². The smallest absolute Gasteiger partial charge is 0.220 e. The minimum absolute atomic E-state index is 0.0510. The molecule has 1 aliphatic rings. The third-order valence-corrected chi connectivity index (χ3v) is 3.64. The Morgan fingerprint density at radius 3 is 2.42 bits per heavy atom. The second-order valence-corrected chi connectivity index (χ2v) is 4.99. The number of amides is 1. The Kier molecular flexibility index (Phi) is 4.31. The summed E-state index contributed by atoms with van der Waals surface area (Å²) in [6, 6.07) is 6.03. The topological polar surface area (TPSA) is 58.4 Å². The van der Waals surface area contributed by atoms with Crippen LogP contribution >= 0.6 is 12.2 Å². The minimum atomic E-state index is -0.279. The minimum Gasteiger partial charge on any atom is -0.369 e. The van der Waals surface area contributed by atoms with Gasteiger partial charge in [-0.3, -0.25) is 4.79 Å². The van der Waals surface area contributed by atoms with E-state index in [9.17, 15) is 9.18 Å². The van der Waals surface area contributed by atoms with Crippen LogP contribution in [0.25, 0.3) is 0 Å². The summed E-state index contributed by atoms with van der Waals surface area (Å²) in [7, 11) is 0. The van der Waals surface area contributed by atoms with Gasteiger partial charge in [-0.25, -0.2) is 4.39 Å². The van der Waals surface area contributed by atoms with Crippen molar-refractivity contribution >= 4 is 28.9 Å². The lowest BCUT2D eigenvalue weighted by atomic mass is 9.97. The predicted octanol–water partition coefficient (Wildman–Crippen LogP) is 1.72. The van der Waals surface area contributed by atoms with E-state index in [1.54, 1.807) is 12.1 Å². The quantitative estimate of drug-likeness (QED) is 0.810. The Hall–Kier alpha value is -1.69. The maximum atomic E-state index is 12.8. The number of benzene rings is 1. The summed E-state index contributed by atoms with van der Waals surface area (Å²) in [5, 5.41) is 3.65. The number of hydrogen-bond acceptors (Lipinski definition) is 2. The SMILES string of the molecule is NC(=O)C1CCN(C(=S)Nc2ccc(F)cc2)CC1. The summed E-state index contributed by atoms with van der Waals surface area (Å²) in [5.74, 6) is -0.569. The van der Waals surface area contributed by atoms with Crippen LogP contribution in [0.1, 0.15) is 12.8 Å². The van der Waals surface area contributed by atoms with E-state index in [1.807, 2.05) is 4.90 Å². The monoisotopic (exact) mass is 281 g/mol. The molecule has 4 nitrogen and oxygen atoms in total. The summed E-state index contributed by atoms with van der Waals surface area (Å²) >= 11 is 5.30. The normalized spacial score (nSPS) is 16.2. The van der Waals surface area contributed by atoms with Crippen LogP contribution in [0.3, 0.4) is 0 Å². The van der Waals surface area contributed by atoms with Gasteiger partial charge in [-0.2, -0.15) is 0 Å². The van der Waals surface area contributed by atoms with E-state index < -0.39 is 0 Å². The van der Waals surface area contributed by atoms with Crippen molar-refractivity contribution in [2.75, 3.05) is 18.4 Å². The Morgan fingerprint density at radius 2 is 1.89 bits per heavy atom. The third-order valence-electron chi connectivity index (χ3n) is 3.28. The number of carbonyl (C=O) groups excluding carboxylic acids is 1. The van der Waals surface area contributed by atoms with Crippen molar-refractivity contribution in [1.82, 2.24) is 4.90 Å². The number of likely N-dealkylation sites (tertiary alicyclic amines) is 1. The molecule has 0 atom stereocenters. The molecular weight excluding hydrogens is 265 g/mol. The third kappa shape index (κ3) is 3.64. The molecule has 0 spiro atoms. The molecular formula is C13H16FN3OS. The Balaban J connectivity index is 1.88. The molecule has 1 aromatic carbocycles. The highest BCUT2D eigenvalue weighted by molar-refractivity contribution is 7.80. The van der Waals surface area contributed by atoms with Crippen LogP contribution in [0.4, 0.5) is 10.1 Å². The van der Waals surface area contributed by atoms with Crippen molar-refractivity contribution < 1.29 is 9.18 Å². The highest BCUT2D eigenvalue weighted by Gasteiger charge is 2.24. The summed E-state index contributed by atoms with van der Waals surface area (Å²) in [6.07, 6.45) is 1.45. The summed E-state index contributed by atoms with van der Waals surface area (Å²) in [4.78, 5) is 13.1. The lowest BCUT2D eigenvalue weighted by Crippen LogP contribution is -2.43. The van der Waals surface area contributed by atoms with Gasteiger partial charge in [0, 0.05) is 24.7 Å². The standard InChI is InChI=1S/C13H16FN3OS/c14-10-1-3-11(4-2-10)16-13(19)17-7-5-9(6-8-17)12(15)18/h1-4,9H,5-8H2,(H2,15,18)(H,16,19). The molecule has 0 saturated carbocycles. The van der Waals surface area contributed by atoms with Crippen molar-refractivity contribution in [1.29, 1.82) is 0 Å². The van der Waals surface area contributed by atoms with Crippen molar-refractivity contribution in [2.45, 2.75) is 12.8 Å². The fourth-order valence-electron chi connectivity index (χ4n) is 2.10. The van der Waals surface area contributed by atoms with Crippen molar-refractivity contribution in [3.8, 4) is 0 Å². The molecule has 1 aromatic rings. The first-order valence-corrected chi connectivity index (χ1v) is 6.58. The Bertz CT molecular complexity index is 469. The van der Waals surface area contributed by atoms with Gasteiger partial charge < -0.3 is 16.0 Å². The van der Waals surface area contributed by atoms with Gasteiger partial charge in [0.05, 0.1) is 0 Å². The molecule has 1 fully saturated rings. The van der Waals surface area contributed by atoms with Crippen molar-refractivity contribution in [2.24, 2.45) is 11.7 Å². The van der Waals surface area contributed by atoms with Crippen LogP contribution in [-0.2, 0) is 4.79 Å². The van der Waals surface area contributed by atoms with E-state index in [2.05, 4.69) is 5.32 Å². The van der Waals surface area contributed by atoms with Crippen LogP contribution in [0.15, 0.2) is 24.3 Å². The number of rotatable bonds is 2. The van der Waals surface area contributed by atoms with Gasteiger partial charge in [-0.05, 0) is 49.3 Å². The molecule has 0 aromatic heterocycles. The number of nitrogens with zero attached hydrogens (tertiary/aromatic N) is 1. The van der Waals surface area contributed by atoms with E-state index in [0.29, 0.717) is 18.2 Å². The molecule has 1 saturated heterocycles. The summed E-state index contributed by atoms with van der Waals surface area (Å²) in [5.41, 5.74) is 6.04. The van der Waals surface area contributed by atoms with Crippen LogP contribution in [0, 0.1) is 11.7 Å². The molecule has 1 aliphatic heterocycles. The zero-order valence-electron chi connectivity index (χ0n) is 10.4. The first-order valence-electron chi connectivity index (χ1n) is 6.17. The Morgan fingerprint density at radius 1 is 1.32 bits per heavy atom. The Labute approximate surface area is 116 Å². The maximum Gasteiger partial charge on any atom is 0.220 e. The van der Waals surface area contributed by atoms with Gasteiger partial charge in [-0.15, -0.1) is 0 Å². The van der Waals surface area contributed by atoms with Crippen molar-refractivity contribution in [3.05, 3.63) is 30.1 Å². The van der Waals surface area contributed by atoms with Crippen LogP contribution in [0.2, 0.25) is 0 Å². The molecule has 102 valence electrons. The number of anilines is 1. The van der Waals surface area contributed by atoms with Gasteiger partial charge in [0.1, 0.15) is 5.82 Å². The predicted molar refractivity (Wildman–Crippen MR) is 76.1 cm³/mol. The van der Waals surface area contributed by atoms with E-state index in [0.717, 1.165) is 18.5 Å². The van der Waals surface area contributed by atoms with Gasteiger partial charge in [-0.1, -0.05) is 0 Å². The molecule has 1 amide bonds. The molecule has 0 radical (unpaired) electrons. The van der Waals surface area contributed by atoms with Crippen LogP contribution in [-0.4, -0.2) is 29.0 Å². The number of thiocarbonyl (C=S) groups is 1. The van der Waals surface area contributed by atoms with Crippen LogP contribution in [0.5, 0.6) is 0 Å². The molecule has 19 heavy (non-hydrogen) atoms. The lowest BCUT2D eigenvalue weighted by molar-refractivity contribution is -0.122. The molecule has 2 rings (SSSR count). The van der Waals surface area contributed by atoms with Gasteiger partial charge >= 0.3 is 0 Å². The second-order valence-electron chi connectivity index (χ2n) is 4.60. The highest BCUT2D eigenvalue weighted by atomic mass is 32.1. The van der Waals surface area contributed by atoms with Crippen molar-refractivity contribution in [3.63, 3.8) is 0 Å². The summed E-state index contributed by atoms with van der Waals surface area (Å²) in [6.45, 7) is 1.42. The average molecular weight is 281 g/mol. The lowest BCUT2D eigenvalue weighted by Gasteiger charge is -2.32.